The van der Waals surface area contributed by atoms with Gasteiger partial charge in [-0.1, -0.05) is 17.7 Å². The molecule has 0 saturated heterocycles. The number of carbonyl (C=O) groups excluding carboxylic acids is 1. The number of halogens is 4. The van der Waals surface area contributed by atoms with Crippen molar-refractivity contribution in [2.45, 2.75) is 19.0 Å². The van der Waals surface area contributed by atoms with Gasteiger partial charge in [0.05, 0.1) is 10.6 Å². The molecule has 0 fully saturated rings. The van der Waals surface area contributed by atoms with E-state index < -0.39 is 12.1 Å². The molecule has 1 heterocycles. The zero-order valence-corrected chi connectivity index (χ0v) is 11.1. The van der Waals surface area contributed by atoms with Gasteiger partial charge in [-0.25, -0.2) is 0 Å². The molecule has 0 bridgehead atoms. The molecule has 0 N–H and O–H groups in total. The minimum absolute atomic E-state index is 0.0160. The zero-order valence-electron chi connectivity index (χ0n) is 10.3. The number of alkyl halides is 3. The molecule has 7 heteroatoms. The summed E-state index contributed by atoms with van der Waals surface area (Å²) in [6, 6.07) is 5.22. The Morgan fingerprint density at radius 3 is 2.55 bits per heavy atom. The molecule has 2 rings (SSSR count). The highest BCUT2D eigenvalue weighted by Crippen LogP contribution is 2.27. The van der Waals surface area contributed by atoms with Crippen molar-refractivity contribution in [1.29, 1.82) is 5.26 Å². The topological polar surface area (TPSA) is 44.1 Å². The van der Waals surface area contributed by atoms with Crippen LogP contribution in [0.5, 0.6) is 0 Å². The molecule has 20 heavy (non-hydrogen) atoms. The van der Waals surface area contributed by atoms with Gasteiger partial charge in [-0.05, 0) is 30.0 Å². The van der Waals surface area contributed by atoms with E-state index in [1.165, 1.54) is 0 Å². The summed E-state index contributed by atoms with van der Waals surface area (Å²) in [6.07, 6.45) is -4.39. The fourth-order valence-corrected chi connectivity index (χ4v) is 2.52. The van der Waals surface area contributed by atoms with Crippen LogP contribution in [-0.2, 0) is 17.6 Å². The summed E-state index contributed by atoms with van der Waals surface area (Å²) in [5.41, 5.74) is 1.69. The van der Waals surface area contributed by atoms with Crippen LogP contribution in [0.1, 0.15) is 16.7 Å². The lowest BCUT2D eigenvalue weighted by atomic mass is 9.98. The molecule has 0 aliphatic carbocycles. The van der Waals surface area contributed by atoms with Crippen molar-refractivity contribution in [1.82, 2.24) is 4.90 Å². The summed E-state index contributed by atoms with van der Waals surface area (Å²) >= 11 is 5.90. The van der Waals surface area contributed by atoms with Gasteiger partial charge in [0, 0.05) is 13.1 Å². The summed E-state index contributed by atoms with van der Waals surface area (Å²) in [5.74, 6) is -1.84. The third-order valence-electron chi connectivity index (χ3n) is 3.28. The smallest absolute Gasteiger partial charge is 0.334 e. The Labute approximate surface area is 118 Å². The molecule has 0 saturated carbocycles. The number of nitrogens with zero attached hydrogens (tertiary/aromatic N) is 2. The number of hydrogen-bond acceptors (Lipinski definition) is 2. The Hall–Kier alpha value is -1.74. The Balaban J connectivity index is 2.28. The number of rotatable bonds is 0. The van der Waals surface area contributed by atoms with E-state index in [1.807, 2.05) is 6.07 Å². The first-order valence-corrected chi connectivity index (χ1v) is 6.29. The molecule has 1 aliphatic rings. The Morgan fingerprint density at radius 1 is 1.30 bits per heavy atom. The SMILES string of the molecule is N#Cc1c(Cl)ccc2c1CCN(C(=O)C(F)(F)F)CC2. The first kappa shape index (κ1) is 14.7. The van der Waals surface area contributed by atoms with Crippen LogP contribution in [0.15, 0.2) is 12.1 Å². The van der Waals surface area contributed by atoms with Gasteiger partial charge >= 0.3 is 12.1 Å². The van der Waals surface area contributed by atoms with E-state index in [9.17, 15) is 18.0 Å². The van der Waals surface area contributed by atoms with Crippen molar-refractivity contribution in [2.75, 3.05) is 13.1 Å². The van der Waals surface area contributed by atoms with Gasteiger partial charge in [-0.15, -0.1) is 0 Å². The molecule has 1 aliphatic heterocycles. The molecule has 3 nitrogen and oxygen atoms in total. The lowest BCUT2D eigenvalue weighted by Gasteiger charge is -2.21. The molecule has 1 amide bonds. The number of carbonyl (C=O) groups is 1. The third-order valence-corrected chi connectivity index (χ3v) is 3.60. The van der Waals surface area contributed by atoms with Crippen LogP contribution in [-0.4, -0.2) is 30.1 Å². The van der Waals surface area contributed by atoms with Crippen LogP contribution >= 0.6 is 11.6 Å². The van der Waals surface area contributed by atoms with E-state index >= 15 is 0 Å². The van der Waals surface area contributed by atoms with Gasteiger partial charge in [0.2, 0.25) is 0 Å². The van der Waals surface area contributed by atoms with Crippen LogP contribution in [0.4, 0.5) is 13.2 Å². The van der Waals surface area contributed by atoms with Crippen molar-refractivity contribution < 1.29 is 18.0 Å². The van der Waals surface area contributed by atoms with Crippen molar-refractivity contribution in [3.63, 3.8) is 0 Å². The van der Waals surface area contributed by atoms with E-state index in [0.717, 1.165) is 10.5 Å². The number of fused-ring (bicyclic) bond motifs is 1. The lowest BCUT2D eigenvalue weighted by Crippen LogP contribution is -2.42. The Morgan fingerprint density at radius 2 is 1.95 bits per heavy atom. The van der Waals surface area contributed by atoms with Crippen molar-refractivity contribution in [2.24, 2.45) is 0 Å². The van der Waals surface area contributed by atoms with Crippen LogP contribution in [0.3, 0.4) is 0 Å². The van der Waals surface area contributed by atoms with Crippen molar-refractivity contribution in [3.8, 4) is 6.07 Å². The lowest BCUT2D eigenvalue weighted by molar-refractivity contribution is -0.185. The maximum atomic E-state index is 12.4. The molecule has 0 atom stereocenters. The second kappa shape index (κ2) is 5.33. The van der Waals surface area contributed by atoms with Crippen LogP contribution < -0.4 is 0 Å². The maximum absolute atomic E-state index is 12.4. The van der Waals surface area contributed by atoms with Crippen molar-refractivity contribution >= 4 is 17.5 Å². The second-order valence-corrected chi connectivity index (χ2v) is 4.87. The largest absolute Gasteiger partial charge is 0.471 e. The molecule has 0 aromatic heterocycles. The van der Waals surface area contributed by atoms with Gasteiger partial charge in [0.1, 0.15) is 6.07 Å². The van der Waals surface area contributed by atoms with E-state index in [2.05, 4.69) is 0 Å². The van der Waals surface area contributed by atoms with Gasteiger partial charge < -0.3 is 4.90 Å². The van der Waals surface area contributed by atoms with Gasteiger partial charge in [0.15, 0.2) is 0 Å². The fraction of sp³-hybridized carbons (Fsp3) is 0.385. The predicted octanol–water partition coefficient (Wildman–Crippen LogP) is 2.70. The number of hydrogen-bond donors (Lipinski definition) is 0. The second-order valence-electron chi connectivity index (χ2n) is 4.46. The van der Waals surface area contributed by atoms with Gasteiger partial charge in [-0.3, -0.25) is 4.79 Å². The van der Waals surface area contributed by atoms with E-state index in [1.54, 1.807) is 12.1 Å². The average Bonchev–Trinajstić information content (AvgIpc) is 2.59. The Kier molecular flexibility index (Phi) is 3.91. The monoisotopic (exact) mass is 302 g/mol. The summed E-state index contributed by atoms with van der Waals surface area (Å²) in [6.45, 7) is -0.0851. The molecular weight excluding hydrogens is 293 g/mol. The number of benzene rings is 1. The normalized spacial score (nSPS) is 15.2. The predicted molar refractivity (Wildman–Crippen MR) is 66.2 cm³/mol. The van der Waals surface area contributed by atoms with Gasteiger partial charge in [-0.2, -0.15) is 18.4 Å². The first-order chi connectivity index (χ1) is 9.34. The van der Waals surface area contributed by atoms with E-state index in [-0.39, 0.29) is 36.5 Å². The Bertz CT molecular complexity index is 593. The molecule has 0 unspecified atom stereocenters. The first-order valence-electron chi connectivity index (χ1n) is 5.91. The van der Waals surface area contributed by atoms with E-state index in [0.29, 0.717) is 5.56 Å². The third kappa shape index (κ3) is 2.73. The van der Waals surface area contributed by atoms with Crippen LogP contribution in [0, 0.1) is 11.3 Å². The average molecular weight is 303 g/mol. The molecule has 1 aromatic carbocycles. The minimum Gasteiger partial charge on any atom is -0.334 e. The standard InChI is InChI=1S/C13H10ClF3N2O/c14-11-2-1-8-3-5-19(12(20)13(15,16)17)6-4-9(8)10(11)7-18/h1-2H,3-6H2. The van der Waals surface area contributed by atoms with Crippen molar-refractivity contribution in [3.05, 3.63) is 33.8 Å². The zero-order chi connectivity index (χ0) is 14.9. The van der Waals surface area contributed by atoms with Gasteiger partial charge in [0.25, 0.3) is 0 Å². The minimum atomic E-state index is -4.87. The van der Waals surface area contributed by atoms with E-state index in [4.69, 9.17) is 16.9 Å². The van der Waals surface area contributed by atoms with Crippen LogP contribution in [0.2, 0.25) is 5.02 Å². The molecule has 106 valence electrons. The highest BCUT2D eigenvalue weighted by atomic mass is 35.5. The number of amides is 1. The number of nitriles is 1. The molecule has 0 spiro atoms. The quantitative estimate of drug-likeness (QED) is 0.739. The molecular formula is C13H10ClF3N2O. The summed E-state index contributed by atoms with van der Waals surface area (Å²) < 4.78 is 37.3. The maximum Gasteiger partial charge on any atom is 0.471 e. The molecule has 1 aromatic rings. The molecule has 0 radical (unpaired) electrons. The summed E-state index contributed by atoms with van der Waals surface area (Å²) in [5, 5.41) is 9.36. The van der Waals surface area contributed by atoms with Crippen LogP contribution in [0.25, 0.3) is 0 Å². The highest BCUT2D eigenvalue weighted by molar-refractivity contribution is 6.31. The summed E-state index contributed by atoms with van der Waals surface area (Å²) in [7, 11) is 0. The fourth-order valence-electron chi connectivity index (χ4n) is 2.30. The summed E-state index contributed by atoms with van der Waals surface area (Å²) in [4.78, 5) is 12.0. The highest BCUT2D eigenvalue weighted by Gasteiger charge is 2.42.